The maximum absolute atomic E-state index is 15.1. The van der Waals surface area contributed by atoms with Gasteiger partial charge in [-0.15, -0.1) is 0 Å². The Balaban J connectivity index is 1.92. The third-order valence-electron chi connectivity index (χ3n) is 10.0. The number of aliphatic hydroxyl groups is 2. The summed E-state index contributed by atoms with van der Waals surface area (Å²) in [6.07, 6.45) is -1.94. The minimum atomic E-state index is -1.76. The Morgan fingerprint density at radius 3 is 1.77 bits per heavy atom. The van der Waals surface area contributed by atoms with Gasteiger partial charge in [0.1, 0.15) is 34.4 Å². The predicted octanol–water partition coefficient (Wildman–Crippen LogP) is 9.85. The van der Waals surface area contributed by atoms with Crippen molar-refractivity contribution in [3.05, 3.63) is 114 Å². The van der Waals surface area contributed by atoms with Crippen molar-refractivity contribution in [2.45, 2.75) is 161 Å². The van der Waals surface area contributed by atoms with Crippen LogP contribution in [0.2, 0.25) is 0 Å². The van der Waals surface area contributed by atoms with Crippen LogP contribution in [0.3, 0.4) is 0 Å². The van der Waals surface area contributed by atoms with Gasteiger partial charge < -0.3 is 29.2 Å². The first-order valence-electron chi connectivity index (χ1n) is 21.0. The Hall–Kier alpha value is -5.24. The molecule has 0 spiro atoms. The zero-order chi connectivity index (χ0) is 46.6. The van der Waals surface area contributed by atoms with Gasteiger partial charge in [0.15, 0.2) is 5.78 Å². The van der Waals surface area contributed by atoms with Crippen molar-refractivity contribution >= 4 is 29.8 Å². The number of ketones is 1. The summed E-state index contributed by atoms with van der Waals surface area (Å²) >= 11 is 0. The number of allylic oxidation sites excluding steroid dienone is 1. The Morgan fingerprint density at radius 2 is 1.27 bits per heavy atom. The molecule has 13 nitrogen and oxygen atoms in total. The fourth-order valence-electron chi connectivity index (χ4n) is 7.49. The third kappa shape index (κ3) is 13.1. The van der Waals surface area contributed by atoms with Gasteiger partial charge in [-0.1, -0.05) is 85.8 Å². The van der Waals surface area contributed by atoms with Crippen LogP contribution in [0.4, 0.5) is 20.1 Å². The van der Waals surface area contributed by atoms with Crippen LogP contribution in [-0.4, -0.2) is 90.5 Å². The molecule has 3 aromatic carbocycles. The second kappa shape index (κ2) is 19.0. The summed E-state index contributed by atoms with van der Waals surface area (Å²) in [5.41, 5.74) is -3.44. The number of rotatable bonds is 12. The van der Waals surface area contributed by atoms with E-state index >= 15 is 4.79 Å². The summed E-state index contributed by atoms with van der Waals surface area (Å²) in [5.74, 6) is -2.42. The summed E-state index contributed by atoms with van der Waals surface area (Å²) in [7, 11) is 0. The minimum Gasteiger partial charge on any atom is -0.444 e. The highest BCUT2D eigenvalue weighted by Crippen LogP contribution is 2.46. The molecule has 0 aliphatic carbocycles. The molecule has 1 fully saturated rings. The van der Waals surface area contributed by atoms with Crippen molar-refractivity contribution in [1.29, 1.82) is 0 Å². The van der Waals surface area contributed by atoms with Crippen LogP contribution in [0.1, 0.15) is 132 Å². The smallest absolute Gasteiger partial charge is 0.413 e. The molecule has 6 atom stereocenters. The molecule has 62 heavy (non-hydrogen) atoms. The van der Waals surface area contributed by atoms with Crippen LogP contribution < -0.4 is 5.32 Å². The highest BCUT2D eigenvalue weighted by molar-refractivity contribution is 5.96. The van der Waals surface area contributed by atoms with E-state index in [1.165, 1.54) is 35.8 Å². The number of ether oxygens (including phenoxy) is 4. The van der Waals surface area contributed by atoms with E-state index in [0.29, 0.717) is 16.8 Å². The molecular formula is C49H67N3O10. The van der Waals surface area contributed by atoms with Crippen molar-refractivity contribution in [2.75, 3.05) is 5.32 Å². The summed E-state index contributed by atoms with van der Waals surface area (Å²) in [6, 6.07) is 22.8. The summed E-state index contributed by atoms with van der Waals surface area (Å²) in [4.78, 5) is 58.5. The van der Waals surface area contributed by atoms with Gasteiger partial charge in [0.25, 0.3) is 0 Å². The molecule has 3 aromatic rings. The lowest BCUT2D eigenvalue weighted by atomic mass is 9.81. The molecule has 3 N–H and O–H groups in total. The molecule has 4 rings (SSSR count). The van der Waals surface area contributed by atoms with E-state index in [1.54, 1.807) is 100 Å². The maximum atomic E-state index is 15.1. The molecule has 1 aliphatic rings. The lowest BCUT2D eigenvalue weighted by Crippen LogP contribution is -2.55. The fourth-order valence-corrected chi connectivity index (χ4v) is 7.49. The third-order valence-corrected chi connectivity index (χ3v) is 10.0. The highest BCUT2D eigenvalue weighted by Gasteiger charge is 2.56. The van der Waals surface area contributed by atoms with Crippen molar-refractivity contribution in [2.24, 2.45) is 0 Å². The van der Waals surface area contributed by atoms with Crippen LogP contribution in [0.5, 0.6) is 0 Å². The van der Waals surface area contributed by atoms with Gasteiger partial charge in [-0.2, -0.15) is 0 Å². The number of aliphatic hydroxyl groups excluding tert-OH is 1. The second-order valence-corrected chi connectivity index (χ2v) is 19.8. The van der Waals surface area contributed by atoms with E-state index in [1.807, 2.05) is 67.6 Å². The Kier molecular flexibility index (Phi) is 15.2. The Bertz CT molecular complexity index is 2020. The van der Waals surface area contributed by atoms with Gasteiger partial charge in [0.2, 0.25) is 0 Å². The highest BCUT2D eigenvalue weighted by atomic mass is 16.6. The van der Waals surface area contributed by atoms with Gasteiger partial charge in [-0.25, -0.2) is 14.4 Å². The first kappa shape index (κ1) is 49.4. The average molecular weight is 858 g/mol. The molecule has 3 amide bonds. The summed E-state index contributed by atoms with van der Waals surface area (Å²) < 4.78 is 23.7. The quantitative estimate of drug-likeness (QED) is 0.0908. The maximum Gasteiger partial charge on any atom is 0.413 e. The summed E-state index contributed by atoms with van der Waals surface area (Å²) in [5, 5.41) is 27.1. The number of nitrogens with zero attached hydrogens (tertiary/aromatic N) is 2. The Morgan fingerprint density at radius 1 is 0.758 bits per heavy atom. The monoisotopic (exact) mass is 857 g/mol. The molecule has 1 heterocycles. The zero-order valence-corrected chi connectivity index (χ0v) is 38.8. The van der Waals surface area contributed by atoms with Crippen molar-refractivity contribution in [1.82, 2.24) is 9.80 Å². The van der Waals surface area contributed by atoms with Crippen LogP contribution >= 0.6 is 0 Å². The van der Waals surface area contributed by atoms with Gasteiger partial charge in [-0.3, -0.25) is 19.9 Å². The SMILES string of the molecule is C[C@H](c1ccccc1)[C@@H](/C=C/C(=O)C(c1ccc(NC(=O)OC(C)(C)C)cc1)C(O)[C@@H]1[C@@H](c2ccccc2)OC(C)(C)N1C(=O)OC(C)(C)C)N(C(=O)OC(C)(C)C)C(C)(C)O. The number of hydrogen-bond donors (Lipinski definition) is 3. The van der Waals surface area contributed by atoms with E-state index in [2.05, 4.69) is 5.32 Å². The first-order chi connectivity index (χ1) is 28.5. The molecule has 0 saturated carbocycles. The number of carbonyl (C=O) groups excluding carboxylic acids is 4. The van der Waals surface area contributed by atoms with Crippen LogP contribution in [0.25, 0.3) is 0 Å². The fraction of sp³-hybridized carbons (Fsp3) is 0.510. The molecule has 0 bridgehead atoms. The molecule has 1 saturated heterocycles. The molecule has 2 unspecified atom stereocenters. The van der Waals surface area contributed by atoms with E-state index in [-0.39, 0.29) is 0 Å². The number of anilines is 1. The zero-order valence-electron chi connectivity index (χ0n) is 38.8. The molecule has 0 aromatic heterocycles. The molecular weight excluding hydrogens is 791 g/mol. The van der Waals surface area contributed by atoms with E-state index in [4.69, 9.17) is 18.9 Å². The van der Waals surface area contributed by atoms with Crippen molar-refractivity contribution in [3.8, 4) is 0 Å². The van der Waals surface area contributed by atoms with Gasteiger partial charge in [-0.05, 0) is 125 Å². The number of amides is 3. The van der Waals surface area contributed by atoms with E-state index in [0.717, 1.165) is 5.56 Å². The average Bonchev–Trinajstić information content (AvgIpc) is 3.42. The van der Waals surface area contributed by atoms with Crippen LogP contribution in [-0.2, 0) is 23.7 Å². The molecule has 13 heteroatoms. The van der Waals surface area contributed by atoms with Crippen molar-refractivity contribution < 1.29 is 48.3 Å². The normalized spacial score (nSPS) is 18.9. The van der Waals surface area contributed by atoms with E-state index in [9.17, 15) is 24.6 Å². The van der Waals surface area contributed by atoms with Gasteiger partial charge >= 0.3 is 18.3 Å². The first-order valence-corrected chi connectivity index (χ1v) is 21.0. The molecule has 1 aliphatic heterocycles. The standard InChI is InChI=1S/C49H67N3O10/c1-31(32-21-17-15-18-22-32)36(51(48(11,12)58)43(56)61-46(5,6)7)29-30-37(53)38(33-25-27-35(28-26-33)50-42(55)60-45(2,3)4)40(54)39-41(34-23-19-16-20-24-34)59-49(13,14)52(39)44(57)62-47(8,9)10/h15-31,36,38-41,54,58H,1-14H3,(H,50,55)/b30-29+/t31-,36-,38?,39-,40?,41-/m1/s1. The molecule has 0 radical (unpaired) electrons. The predicted molar refractivity (Wildman–Crippen MR) is 238 cm³/mol. The number of hydrogen-bond acceptors (Lipinski definition) is 10. The lowest BCUT2D eigenvalue weighted by molar-refractivity contribution is -0.120. The summed E-state index contributed by atoms with van der Waals surface area (Å²) in [6.45, 7) is 23.8. The topological polar surface area (TPSA) is 164 Å². The molecule has 338 valence electrons. The van der Waals surface area contributed by atoms with Gasteiger partial charge in [0, 0.05) is 11.6 Å². The van der Waals surface area contributed by atoms with Crippen molar-refractivity contribution in [3.63, 3.8) is 0 Å². The van der Waals surface area contributed by atoms with Crippen LogP contribution in [0, 0.1) is 0 Å². The van der Waals surface area contributed by atoms with E-state index < -0.39 is 88.4 Å². The lowest BCUT2D eigenvalue weighted by Gasteiger charge is -2.42. The minimum absolute atomic E-state index is 0.349. The largest absolute Gasteiger partial charge is 0.444 e. The Labute approximate surface area is 367 Å². The number of benzene rings is 3. The number of nitrogens with one attached hydrogen (secondary N) is 1. The van der Waals surface area contributed by atoms with Gasteiger partial charge in [0.05, 0.1) is 24.1 Å². The number of carbonyl (C=O) groups is 4. The van der Waals surface area contributed by atoms with Crippen LogP contribution in [0.15, 0.2) is 97.1 Å². The second-order valence-electron chi connectivity index (χ2n) is 19.8.